The van der Waals surface area contributed by atoms with Gasteiger partial charge in [0.15, 0.2) is 18.1 Å². The van der Waals surface area contributed by atoms with Crippen LogP contribution >= 0.6 is 35.6 Å². The zero-order valence-corrected chi connectivity index (χ0v) is 22.0. The maximum atomic E-state index is 13.0. The number of amides is 2. The molecule has 3 aromatic carbocycles. The van der Waals surface area contributed by atoms with Crippen molar-refractivity contribution in [2.24, 2.45) is 0 Å². The first kappa shape index (κ1) is 25.8. The van der Waals surface area contributed by atoms with Crippen molar-refractivity contribution >= 4 is 63.5 Å². The van der Waals surface area contributed by atoms with E-state index in [4.69, 9.17) is 33.3 Å². The SMILES string of the molecule is COc1cc(/C=C2\SC(=S)N(Cc3ccccc3)C2=O)ccc1OCC(=O)Nc1ccc(C)c(Cl)c1. The summed E-state index contributed by atoms with van der Waals surface area (Å²) in [5.41, 5.74) is 3.27. The molecule has 0 spiro atoms. The van der Waals surface area contributed by atoms with E-state index in [-0.39, 0.29) is 18.4 Å². The Morgan fingerprint density at radius 2 is 1.89 bits per heavy atom. The van der Waals surface area contributed by atoms with Crippen molar-refractivity contribution in [3.63, 3.8) is 0 Å². The topological polar surface area (TPSA) is 67.9 Å². The summed E-state index contributed by atoms with van der Waals surface area (Å²) in [6, 6.07) is 20.2. The molecular weight excluding hydrogens is 516 g/mol. The molecule has 0 unspecified atom stereocenters. The Morgan fingerprint density at radius 3 is 2.61 bits per heavy atom. The van der Waals surface area contributed by atoms with E-state index in [0.29, 0.717) is 38.0 Å². The molecule has 9 heteroatoms. The Balaban J connectivity index is 1.41. The molecule has 0 aliphatic carbocycles. The van der Waals surface area contributed by atoms with Gasteiger partial charge < -0.3 is 14.8 Å². The summed E-state index contributed by atoms with van der Waals surface area (Å²) in [6.07, 6.45) is 1.77. The van der Waals surface area contributed by atoms with Gasteiger partial charge in [0, 0.05) is 10.7 Å². The summed E-state index contributed by atoms with van der Waals surface area (Å²) in [5, 5.41) is 3.32. The Hall–Kier alpha value is -3.33. The van der Waals surface area contributed by atoms with Crippen molar-refractivity contribution in [3.05, 3.63) is 93.3 Å². The van der Waals surface area contributed by atoms with Crippen molar-refractivity contribution in [2.45, 2.75) is 13.5 Å². The molecule has 1 N–H and O–H groups in total. The molecule has 0 radical (unpaired) electrons. The highest BCUT2D eigenvalue weighted by molar-refractivity contribution is 8.26. The van der Waals surface area contributed by atoms with Crippen molar-refractivity contribution in [2.75, 3.05) is 19.0 Å². The zero-order valence-electron chi connectivity index (χ0n) is 19.6. The highest BCUT2D eigenvalue weighted by Gasteiger charge is 2.32. The first-order valence-electron chi connectivity index (χ1n) is 11.0. The smallest absolute Gasteiger partial charge is 0.266 e. The van der Waals surface area contributed by atoms with Crippen LogP contribution < -0.4 is 14.8 Å². The molecule has 1 heterocycles. The third-order valence-corrected chi connectivity index (χ3v) is 7.14. The van der Waals surface area contributed by atoms with Crippen molar-refractivity contribution in [3.8, 4) is 11.5 Å². The lowest BCUT2D eigenvalue weighted by atomic mass is 10.1. The number of methoxy groups -OCH3 is 1. The number of benzene rings is 3. The van der Waals surface area contributed by atoms with E-state index in [1.807, 2.05) is 43.3 Å². The molecule has 1 saturated heterocycles. The number of nitrogens with zero attached hydrogens (tertiary/aromatic N) is 1. The minimum Gasteiger partial charge on any atom is -0.493 e. The maximum absolute atomic E-state index is 13.0. The summed E-state index contributed by atoms with van der Waals surface area (Å²) < 4.78 is 11.6. The van der Waals surface area contributed by atoms with E-state index in [1.54, 1.807) is 41.3 Å². The number of thioether (sulfide) groups is 1. The Labute approximate surface area is 224 Å². The first-order valence-corrected chi connectivity index (χ1v) is 12.6. The number of nitrogens with one attached hydrogen (secondary N) is 1. The van der Waals surface area contributed by atoms with Crippen LogP contribution in [0.3, 0.4) is 0 Å². The van der Waals surface area contributed by atoms with Gasteiger partial charge in [-0.1, -0.05) is 78.0 Å². The highest BCUT2D eigenvalue weighted by Crippen LogP contribution is 2.35. The van der Waals surface area contributed by atoms with E-state index < -0.39 is 0 Å². The maximum Gasteiger partial charge on any atom is 0.266 e. The summed E-state index contributed by atoms with van der Waals surface area (Å²) in [5.74, 6) is 0.377. The molecular formula is C27H23ClN2O4S2. The number of aryl methyl sites for hydroxylation is 1. The molecule has 2 amide bonds. The average Bonchev–Trinajstić information content (AvgIpc) is 3.13. The summed E-state index contributed by atoms with van der Waals surface area (Å²) in [4.78, 5) is 27.4. The first-order chi connectivity index (χ1) is 17.3. The molecule has 1 aliphatic rings. The lowest BCUT2D eigenvalue weighted by Crippen LogP contribution is -2.27. The molecule has 1 fully saturated rings. The second kappa shape index (κ2) is 11.6. The monoisotopic (exact) mass is 538 g/mol. The quantitative estimate of drug-likeness (QED) is 0.277. The second-order valence-electron chi connectivity index (χ2n) is 7.96. The number of ether oxygens (including phenoxy) is 2. The van der Waals surface area contributed by atoms with Gasteiger partial charge in [-0.05, 0) is 54.0 Å². The van der Waals surface area contributed by atoms with Crippen LogP contribution in [0.4, 0.5) is 5.69 Å². The molecule has 0 bridgehead atoms. The third-order valence-electron chi connectivity index (χ3n) is 5.36. The van der Waals surface area contributed by atoms with Gasteiger partial charge in [0.2, 0.25) is 0 Å². The molecule has 184 valence electrons. The number of hydrogen-bond donors (Lipinski definition) is 1. The van der Waals surface area contributed by atoms with E-state index in [9.17, 15) is 9.59 Å². The van der Waals surface area contributed by atoms with Crippen molar-refractivity contribution < 1.29 is 19.1 Å². The van der Waals surface area contributed by atoms with Crippen LogP contribution in [0.25, 0.3) is 6.08 Å². The summed E-state index contributed by atoms with van der Waals surface area (Å²) in [7, 11) is 1.51. The van der Waals surface area contributed by atoms with Gasteiger partial charge in [0.1, 0.15) is 4.32 Å². The number of carbonyl (C=O) groups excluding carboxylic acids is 2. The zero-order chi connectivity index (χ0) is 25.7. The summed E-state index contributed by atoms with van der Waals surface area (Å²) in [6.45, 7) is 2.11. The fourth-order valence-corrected chi connectivity index (χ4v) is 4.89. The molecule has 0 aromatic heterocycles. The van der Waals surface area contributed by atoms with Crippen molar-refractivity contribution in [1.82, 2.24) is 4.90 Å². The molecule has 4 rings (SSSR count). The number of rotatable bonds is 8. The predicted molar refractivity (Wildman–Crippen MR) is 148 cm³/mol. The predicted octanol–water partition coefficient (Wildman–Crippen LogP) is 6.08. The summed E-state index contributed by atoms with van der Waals surface area (Å²) >= 11 is 12.8. The number of halogens is 1. The van der Waals surface area contributed by atoms with Gasteiger partial charge in [0.05, 0.1) is 18.6 Å². The Morgan fingerprint density at radius 1 is 1.11 bits per heavy atom. The van der Waals surface area contributed by atoms with Gasteiger partial charge in [-0.25, -0.2) is 0 Å². The molecule has 3 aromatic rings. The van der Waals surface area contributed by atoms with Gasteiger partial charge in [-0.15, -0.1) is 0 Å². The van der Waals surface area contributed by atoms with Crippen molar-refractivity contribution in [1.29, 1.82) is 0 Å². The Kier molecular flexibility index (Phi) is 8.30. The largest absolute Gasteiger partial charge is 0.493 e. The number of carbonyl (C=O) groups is 2. The van der Waals surface area contributed by atoms with Gasteiger partial charge in [0.25, 0.3) is 11.8 Å². The van der Waals surface area contributed by atoms with Gasteiger partial charge in [-0.3, -0.25) is 14.5 Å². The van der Waals surface area contributed by atoms with Crippen LogP contribution in [0.5, 0.6) is 11.5 Å². The van der Waals surface area contributed by atoms with Crippen LogP contribution in [0.15, 0.2) is 71.6 Å². The molecule has 6 nitrogen and oxygen atoms in total. The van der Waals surface area contributed by atoms with Gasteiger partial charge >= 0.3 is 0 Å². The van der Waals surface area contributed by atoms with E-state index in [0.717, 1.165) is 16.7 Å². The average molecular weight is 539 g/mol. The molecule has 0 atom stereocenters. The van der Waals surface area contributed by atoms with Crippen LogP contribution in [-0.2, 0) is 16.1 Å². The Bertz CT molecular complexity index is 1340. The van der Waals surface area contributed by atoms with E-state index >= 15 is 0 Å². The number of anilines is 1. The molecule has 0 saturated carbocycles. The minimum atomic E-state index is -0.330. The van der Waals surface area contributed by atoms with Gasteiger partial charge in [-0.2, -0.15) is 0 Å². The highest BCUT2D eigenvalue weighted by atomic mass is 35.5. The third kappa shape index (κ3) is 6.26. The van der Waals surface area contributed by atoms with E-state index in [1.165, 1.54) is 18.9 Å². The van der Waals surface area contributed by atoms with E-state index in [2.05, 4.69) is 5.32 Å². The van der Waals surface area contributed by atoms with Crippen LogP contribution in [-0.4, -0.2) is 34.8 Å². The van der Waals surface area contributed by atoms with Crippen LogP contribution in [0.2, 0.25) is 5.02 Å². The van der Waals surface area contributed by atoms with Crippen LogP contribution in [0.1, 0.15) is 16.7 Å². The molecule has 1 aliphatic heterocycles. The fourth-order valence-electron chi connectivity index (χ4n) is 3.46. The number of thiocarbonyl (C=S) groups is 1. The molecule has 36 heavy (non-hydrogen) atoms. The fraction of sp³-hybridized carbons (Fsp3) is 0.148. The normalized spacial score (nSPS) is 14.3. The lowest BCUT2D eigenvalue weighted by Gasteiger charge is -2.14. The minimum absolute atomic E-state index is 0.138. The number of hydrogen-bond acceptors (Lipinski definition) is 6. The van der Waals surface area contributed by atoms with Crippen LogP contribution in [0, 0.1) is 6.92 Å². The standard InChI is InChI=1S/C27H23ClN2O4S2/c1-17-8-10-20(14-21(17)28)29-25(31)16-34-22-11-9-19(12-23(22)33-2)13-24-26(32)30(27(35)36-24)15-18-6-4-3-5-7-18/h3-14H,15-16H2,1-2H3,(H,29,31)/b24-13-. The second-order valence-corrected chi connectivity index (χ2v) is 10.0. The lowest BCUT2D eigenvalue weighted by molar-refractivity contribution is -0.122.